The average Bonchev–Trinajstić information content (AvgIpc) is 2.49. The monoisotopic (exact) mass is 290 g/mol. The fourth-order valence-electron chi connectivity index (χ4n) is 3.15. The maximum Gasteiger partial charge on any atom is 0.119 e. The molecule has 2 rings (SSSR count). The molecule has 0 saturated carbocycles. The third-order valence-corrected chi connectivity index (χ3v) is 4.36. The minimum absolute atomic E-state index is 0.322. The highest BCUT2D eigenvalue weighted by Gasteiger charge is 2.24. The molecule has 1 aromatic carbocycles. The molecule has 0 bridgehead atoms. The Kier molecular flexibility index (Phi) is 6.52. The van der Waals surface area contributed by atoms with Crippen molar-refractivity contribution in [1.82, 2.24) is 4.90 Å². The molecule has 0 radical (unpaired) electrons. The van der Waals surface area contributed by atoms with E-state index in [4.69, 9.17) is 10.5 Å². The van der Waals surface area contributed by atoms with E-state index in [0.29, 0.717) is 12.6 Å². The lowest BCUT2D eigenvalue weighted by atomic mass is 9.96. The molecule has 0 aliphatic carbocycles. The molecule has 3 heteroatoms. The van der Waals surface area contributed by atoms with Crippen molar-refractivity contribution >= 4 is 0 Å². The second-order valence-corrected chi connectivity index (χ2v) is 6.27. The molecule has 1 heterocycles. The number of nitrogens with zero attached hydrogens (tertiary/aromatic N) is 1. The number of benzene rings is 1. The zero-order valence-electron chi connectivity index (χ0n) is 13.6. The molecule has 3 nitrogen and oxygen atoms in total. The molecule has 0 aromatic heterocycles. The van der Waals surface area contributed by atoms with Gasteiger partial charge in [0.05, 0.1) is 6.61 Å². The van der Waals surface area contributed by atoms with Crippen molar-refractivity contribution in [2.24, 2.45) is 11.7 Å². The first kappa shape index (κ1) is 16.3. The molecule has 2 atom stereocenters. The SMILES string of the molecule is CCCCOc1cccc(C(CN)N2CCCC(C)C2)c1. The number of ether oxygens (including phenoxy) is 1. The van der Waals surface area contributed by atoms with Crippen molar-refractivity contribution in [2.75, 3.05) is 26.2 Å². The number of hydrogen-bond donors (Lipinski definition) is 1. The number of unbranched alkanes of at least 4 members (excludes halogenated alkanes) is 1. The Hall–Kier alpha value is -1.06. The molecule has 0 amide bonds. The van der Waals surface area contributed by atoms with Crippen LogP contribution in [-0.2, 0) is 0 Å². The highest BCUT2D eigenvalue weighted by molar-refractivity contribution is 5.31. The Morgan fingerprint density at radius 2 is 2.29 bits per heavy atom. The first-order valence-corrected chi connectivity index (χ1v) is 8.41. The molecule has 1 saturated heterocycles. The van der Waals surface area contributed by atoms with E-state index in [1.165, 1.54) is 18.4 Å². The summed E-state index contributed by atoms with van der Waals surface area (Å²) in [7, 11) is 0. The van der Waals surface area contributed by atoms with E-state index in [1.54, 1.807) is 0 Å². The van der Waals surface area contributed by atoms with Gasteiger partial charge < -0.3 is 10.5 Å². The van der Waals surface area contributed by atoms with Crippen molar-refractivity contribution in [3.8, 4) is 5.75 Å². The van der Waals surface area contributed by atoms with Crippen LogP contribution in [0.5, 0.6) is 5.75 Å². The van der Waals surface area contributed by atoms with E-state index in [-0.39, 0.29) is 0 Å². The Bertz CT molecular complexity index is 421. The lowest BCUT2D eigenvalue weighted by Gasteiger charge is -2.37. The third-order valence-electron chi connectivity index (χ3n) is 4.36. The summed E-state index contributed by atoms with van der Waals surface area (Å²) in [6.07, 6.45) is 4.89. The number of nitrogens with two attached hydrogens (primary N) is 1. The van der Waals surface area contributed by atoms with Gasteiger partial charge >= 0.3 is 0 Å². The number of likely N-dealkylation sites (tertiary alicyclic amines) is 1. The lowest BCUT2D eigenvalue weighted by molar-refractivity contribution is 0.133. The number of piperidine rings is 1. The second-order valence-electron chi connectivity index (χ2n) is 6.27. The van der Waals surface area contributed by atoms with Crippen LogP contribution >= 0.6 is 0 Å². The van der Waals surface area contributed by atoms with Crippen LogP contribution in [0.1, 0.15) is 51.1 Å². The van der Waals surface area contributed by atoms with Gasteiger partial charge in [0, 0.05) is 19.1 Å². The highest BCUT2D eigenvalue weighted by Crippen LogP contribution is 2.28. The summed E-state index contributed by atoms with van der Waals surface area (Å²) in [5.41, 5.74) is 7.36. The molecule has 1 aromatic rings. The van der Waals surface area contributed by atoms with Crippen LogP contribution in [-0.4, -0.2) is 31.1 Å². The first-order chi connectivity index (χ1) is 10.2. The van der Waals surface area contributed by atoms with Crippen LogP contribution in [0.15, 0.2) is 24.3 Å². The smallest absolute Gasteiger partial charge is 0.119 e. The molecule has 2 unspecified atom stereocenters. The van der Waals surface area contributed by atoms with Gasteiger partial charge in [-0.25, -0.2) is 0 Å². The van der Waals surface area contributed by atoms with E-state index in [1.807, 2.05) is 6.07 Å². The maximum atomic E-state index is 6.07. The van der Waals surface area contributed by atoms with Gasteiger partial charge in [-0.3, -0.25) is 4.90 Å². The Morgan fingerprint density at radius 1 is 1.43 bits per heavy atom. The number of hydrogen-bond acceptors (Lipinski definition) is 3. The highest BCUT2D eigenvalue weighted by atomic mass is 16.5. The second kappa shape index (κ2) is 8.40. The van der Waals surface area contributed by atoms with Gasteiger partial charge in [0.2, 0.25) is 0 Å². The molecule has 21 heavy (non-hydrogen) atoms. The van der Waals surface area contributed by atoms with Crippen LogP contribution < -0.4 is 10.5 Å². The molecule has 1 aliphatic heterocycles. The van der Waals surface area contributed by atoms with Crippen LogP contribution in [0.3, 0.4) is 0 Å². The molecular weight excluding hydrogens is 260 g/mol. The van der Waals surface area contributed by atoms with E-state index < -0.39 is 0 Å². The van der Waals surface area contributed by atoms with Crippen molar-refractivity contribution in [2.45, 2.75) is 45.6 Å². The van der Waals surface area contributed by atoms with Gasteiger partial charge in [0.1, 0.15) is 5.75 Å². The molecular formula is C18H30N2O. The van der Waals surface area contributed by atoms with E-state index in [2.05, 4.69) is 36.9 Å². The summed E-state index contributed by atoms with van der Waals surface area (Å²) in [4.78, 5) is 2.54. The molecule has 118 valence electrons. The standard InChI is InChI=1S/C18H30N2O/c1-3-4-11-21-17-9-5-8-16(12-17)18(13-19)20-10-6-7-15(2)14-20/h5,8-9,12,15,18H,3-4,6-7,10-11,13-14,19H2,1-2H3. The van der Waals surface area contributed by atoms with Gasteiger partial charge in [0.25, 0.3) is 0 Å². The van der Waals surface area contributed by atoms with Crippen LogP contribution in [0.2, 0.25) is 0 Å². The molecule has 1 fully saturated rings. The summed E-state index contributed by atoms with van der Waals surface area (Å²) in [5.74, 6) is 1.75. The quantitative estimate of drug-likeness (QED) is 0.780. The van der Waals surface area contributed by atoms with Gasteiger partial charge in [-0.2, -0.15) is 0 Å². The zero-order chi connectivity index (χ0) is 15.1. The summed E-state index contributed by atoms with van der Waals surface area (Å²) in [5, 5.41) is 0. The lowest BCUT2D eigenvalue weighted by Crippen LogP contribution is -2.40. The van der Waals surface area contributed by atoms with Crippen LogP contribution in [0, 0.1) is 5.92 Å². The van der Waals surface area contributed by atoms with Crippen molar-refractivity contribution in [3.05, 3.63) is 29.8 Å². The normalized spacial score (nSPS) is 21.2. The fourth-order valence-corrected chi connectivity index (χ4v) is 3.15. The van der Waals surface area contributed by atoms with Crippen molar-refractivity contribution in [3.63, 3.8) is 0 Å². The summed E-state index contributed by atoms with van der Waals surface area (Å²) < 4.78 is 5.83. The van der Waals surface area contributed by atoms with E-state index in [0.717, 1.165) is 44.2 Å². The predicted octanol–water partition coefficient (Wildman–Crippen LogP) is 3.60. The Morgan fingerprint density at radius 3 is 3.00 bits per heavy atom. The largest absolute Gasteiger partial charge is 0.494 e. The van der Waals surface area contributed by atoms with Gasteiger partial charge in [-0.05, 0) is 49.4 Å². The summed E-state index contributed by atoms with van der Waals surface area (Å²) in [6, 6.07) is 8.82. The minimum Gasteiger partial charge on any atom is -0.494 e. The van der Waals surface area contributed by atoms with Gasteiger partial charge in [-0.15, -0.1) is 0 Å². The molecule has 2 N–H and O–H groups in total. The van der Waals surface area contributed by atoms with Crippen molar-refractivity contribution < 1.29 is 4.74 Å². The van der Waals surface area contributed by atoms with Gasteiger partial charge in [-0.1, -0.05) is 32.4 Å². The van der Waals surface area contributed by atoms with E-state index in [9.17, 15) is 0 Å². The first-order valence-electron chi connectivity index (χ1n) is 8.41. The molecule has 1 aliphatic rings. The van der Waals surface area contributed by atoms with E-state index >= 15 is 0 Å². The molecule has 0 spiro atoms. The Balaban J connectivity index is 2.04. The maximum absolute atomic E-state index is 6.07. The fraction of sp³-hybridized carbons (Fsp3) is 0.667. The third kappa shape index (κ3) is 4.72. The van der Waals surface area contributed by atoms with Crippen LogP contribution in [0.4, 0.5) is 0 Å². The minimum atomic E-state index is 0.322. The summed E-state index contributed by atoms with van der Waals surface area (Å²) in [6.45, 7) is 8.31. The summed E-state index contributed by atoms with van der Waals surface area (Å²) >= 11 is 0. The van der Waals surface area contributed by atoms with Gasteiger partial charge in [0.15, 0.2) is 0 Å². The number of rotatable bonds is 7. The Labute approximate surface area is 129 Å². The zero-order valence-corrected chi connectivity index (χ0v) is 13.6. The topological polar surface area (TPSA) is 38.5 Å². The average molecular weight is 290 g/mol. The predicted molar refractivity (Wildman–Crippen MR) is 88.6 cm³/mol. The van der Waals surface area contributed by atoms with Crippen molar-refractivity contribution in [1.29, 1.82) is 0 Å². The van der Waals surface area contributed by atoms with Crippen LogP contribution in [0.25, 0.3) is 0 Å².